The summed E-state index contributed by atoms with van der Waals surface area (Å²) >= 11 is 0. The Balaban J connectivity index is 1.74. The number of methoxy groups -OCH3 is 1. The van der Waals surface area contributed by atoms with E-state index in [0.717, 1.165) is 30.0 Å². The van der Waals surface area contributed by atoms with Gasteiger partial charge >= 0.3 is 6.36 Å². The van der Waals surface area contributed by atoms with Gasteiger partial charge < -0.3 is 19.2 Å². The molecule has 0 atom stereocenters. The lowest BCUT2D eigenvalue weighted by molar-refractivity contribution is -0.275. The summed E-state index contributed by atoms with van der Waals surface area (Å²) in [6, 6.07) is 8.73. The Morgan fingerprint density at radius 3 is 2.56 bits per heavy atom. The van der Waals surface area contributed by atoms with Gasteiger partial charge in [-0.15, -0.1) is 13.2 Å². The summed E-state index contributed by atoms with van der Waals surface area (Å²) in [4.78, 5) is 25.7. The molecule has 0 aliphatic carbocycles. The Kier molecular flexibility index (Phi) is 5.73. The highest BCUT2D eigenvalue weighted by Gasteiger charge is 2.32. The second-order valence-electron chi connectivity index (χ2n) is 7.05. The number of fused-ring (bicyclic) bond motifs is 1. The van der Waals surface area contributed by atoms with Crippen molar-refractivity contribution in [3.05, 3.63) is 76.0 Å². The minimum absolute atomic E-state index is 0.00192. The Labute approximate surface area is 188 Å². The zero-order valence-corrected chi connectivity index (χ0v) is 17.6. The molecule has 2 aromatic carbocycles. The number of nitrogens with one attached hydrogen (secondary N) is 1. The highest BCUT2D eigenvalue weighted by molar-refractivity contribution is 6.04. The van der Waals surface area contributed by atoms with Gasteiger partial charge in [0.15, 0.2) is 17.2 Å². The van der Waals surface area contributed by atoms with E-state index in [1.807, 2.05) is 0 Å². The maximum Gasteiger partial charge on any atom is 0.573 e. The molecule has 0 radical (unpaired) electrons. The Morgan fingerprint density at radius 2 is 1.88 bits per heavy atom. The molecule has 0 saturated carbocycles. The quantitative estimate of drug-likeness (QED) is 0.423. The van der Waals surface area contributed by atoms with Crippen molar-refractivity contribution in [2.24, 2.45) is 0 Å². The van der Waals surface area contributed by atoms with Crippen LogP contribution in [0.4, 0.5) is 23.2 Å². The van der Waals surface area contributed by atoms with Crippen LogP contribution in [0, 0.1) is 12.7 Å². The largest absolute Gasteiger partial charge is 0.573 e. The molecule has 0 spiro atoms. The van der Waals surface area contributed by atoms with Crippen molar-refractivity contribution in [1.29, 1.82) is 0 Å². The monoisotopic (exact) mass is 477 g/mol. The van der Waals surface area contributed by atoms with Gasteiger partial charge in [-0.1, -0.05) is 6.07 Å². The van der Waals surface area contributed by atoms with Crippen molar-refractivity contribution in [2.45, 2.75) is 13.3 Å². The number of carbonyl (C=O) groups is 1. The van der Waals surface area contributed by atoms with Gasteiger partial charge in [-0.05, 0) is 42.8 Å². The second kappa shape index (κ2) is 8.54. The van der Waals surface area contributed by atoms with Gasteiger partial charge in [0.25, 0.3) is 5.91 Å². The van der Waals surface area contributed by atoms with Gasteiger partial charge in [0.2, 0.25) is 11.1 Å². The predicted molar refractivity (Wildman–Crippen MR) is 112 cm³/mol. The lowest BCUT2D eigenvalue weighted by Crippen LogP contribution is -2.26. The standard InChI is InChI=1S/C22H15F4N3O5/c1-11-3-5-15(14(23)9-11)29-21-13(7-8-33-21)19(30)18(28-29)20(31)27-12-4-6-16(17(10-12)32-2)34-22(24,25)26/h3-10H,1-2H3,(H,27,31). The van der Waals surface area contributed by atoms with Crippen LogP contribution in [-0.2, 0) is 0 Å². The number of aryl methyl sites for hydroxylation is 1. The van der Waals surface area contributed by atoms with Crippen LogP contribution >= 0.6 is 0 Å². The zero-order chi connectivity index (χ0) is 24.6. The molecule has 1 N–H and O–H groups in total. The first kappa shape index (κ1) is 22.8. The first-order valence-electron chi connectivity index (χ1n) is 9.59. The lowest BCUT2D eigenvalue weighted by atomic mass is 10.2. The van der Waals surface area contributed by atoms with Crippen molar-refractivity contribution >= 4 is 22.7 Å². The van der Waals surface area contributed by atoms with E-state index in [4.69, 9.17) is 9.15 Å². The molecule has 0 fully saturated rings. The first-order chi connectivity index (χ1) is 16.1. The number of ether oxygens (including phenoxy) is 2. The molecule has 4 rings (SSSR count). The molecule has 0 aliphatic heterocycles. The molecule has 2 heterocycles. The minimum atomic E-state index is -4.95. The van der Waals surface area contributed by atoms with Crippen LogP contribution in [0.25, 0.3) is 16.8 Å². The molecule has 176 valence electrons. The number of alkyl halides is 3. The molecule has 0 bridgehead atoms. The van der Waals surface area contributed by atoms with Crippen molar-refractivity contribution in [2.75, 3.05) is 12.4 Å². The number of hydrogen-bond donors (Lipinski definition) is 1. The smallest absolute Gasteiger partial charge is 0.493 e. The van der Waals surface area contributed by atoms with Gasteiger partial charge in [-0.25, -0.2) is 4.39 Å². The summed E-state index contributed by atoms with van der Waals surface area (Å²) in [7, 11) is 1.12. The molecule has 8 nitrogen and oxygen atoms in total. The van der Waals surface area contributed by atoms with Crippen molar-refractivity contribution < 1.29 is 36.2 Å². The maximum absolute atomic E-state index is 14.6. The number of amides is 1. The van der Waals surface area contributed by atoms with Crippen molar-refractivity contribution in [3.8, 4) is 17.2 Å². The second-order valence-corrected chi connectivity index (χ2v) is 7.05. The topological polar surface area (TPSA) is 95.6 Å². The van der Waals surface area contributed by atoms with Crippen LogP contribution in [0.15, 0.2) is 57.9 Å². The Hall–Kier alpha value is -4.35. The number of carbonyl (C=O) groups excluding carboxylic acids is 1. The van der Waals surface area contributed by atoms with E-state index in [1.54, 1.807) is 13.0 Å². The average Bonchev–Trinajstić information content (AvgIpc) is 3.25. The van der Waals surface area contributed by atoms with E-state index in [9.17, 15) is 27.2 Å². The van der Waals surface area contributed by atoms with Crippen LogP contribution in [0.3, 0.4) is 0 Å². The molecule has 0 aliphatic rings. The number of benzene rings is 2. The summed E-state index contributed by atoms with van der Waals surface area (Å²) in [6.45, 7) is 1.69. The molecule has 2 aromatic heterocycles. The molecule has 4 aromatic rings. The molecule has 1 amide bonds. The summed E-state index contributed by atoms with van der Waals surface area (Å²) in [6.07, 6.45) is -3.75. The number of nitrogens with zero attached hydrogens (tertiary/aromatic N) is 2. The van der Waals surface area contributed by atoms with Gasteiger partial charge in [0.05, 0.1) is 18.8 Å². The van der Waals surface area contributed by atoms with Crippen LogP contribution in [0.1, 0.15) is 16.1 Å². The lowest BCUT2D eigenvalue weighted by Gasteiger charge is -2.14. The van der Waals surface area contributed by atoms with Gasteiger partial charge in [-0.3, -0.25) is 9.59 Å². The molecule has 0 saturated heterocycles. The fourth-order valence-corrected chi connectivity index (χ4v) is 3.20. The van der Waals surface area contributed by atoms with Crippen LogP contribution < -0.4 is 20.2 Å². The van der Waals surface area contributed by atoms with E-state index in [2.05, 4.69) is 15.2 Å². The number of hydrogen-bond acceptors (Lipinski definition) is 6. The zero-order valence-electron chi connectivity index (χ0n) is 17.6. The Morgan fingerprint density at radius 1 is 1.12 bits per heavy atom. The SMILES string of the molecule is COc1cc(NC(=O)c2nn(-c3ccc(C)cc3F)c3occc3c2=O)ccc1OC(F)(F)F. The highest BCUT2D eigenvalue weighted by Crippen LogP contribution is 2.34. The van der Waals surface area contributed by atoms with E-state index in [-0.39, 0.29) is 28.2 Å². The summed E-state index contributed by atoms with van der Waals surface area (Å²) < 4.78 is 67.2. The third-order valence-corrected chi connectivity index (χ3v) is 4.69. The van der Waals surface area contributed by atoms with Crippen LogP contribution in [0.2, 0.25) is 0 Å². The number of furan rings is 1. The molecular weight excluding hydrogens is 462 g/mol. The van der Waals surface area contributed by atoms with Gasteiger partial charge in [-0.2, -0.15) is 9.78 Å². The maximum atomic E-state index is 14.6. The third-order valence-electron chi connectivity index (χ3n) is 4.69. The Bertz CT molecular complexity index is 1460. The molecule has 34 heavy (non-hydrogen) atoms. The first-order valence-corrected chi connectivity index (χ1v) is 9.59. The summed E-state index contributed by atoms with van der Waals surface area (Å²) in [5.74, 6) is -2.58. The number of aromatic nitrogens is 2. The molecule has 0 unspecified atom stereocenters. The molecular formula is C22H15F4N3O5. The fourth-order valence-electron chi connectivity index (χ4n) is 3.20. The third kappa shape index (κ3) is 4.42. The predicted octanol–water partition coefficient (Wildman–Crippen LogP) is 4.59. The highest BCUT2D eigenvalue weighted by atomic mass is 19.4. The fraction of sp³-hybridized carbons (Fsp3) is 0.136. The van der Waals surface area contributed by atoms with Gasteiger partial charge in [0.1, 0.15) is 11.5 Å². The summed E-state index contributed by atoms with van der Waals surface area (Å²) in [5.41, 5.74) is -0.868. The van der Waals surface area contributed by atoms with Crippen LogP contribution in [0.5, 0.6) is 11.5 Å². The van der Waals surface area contributed by atoms with E-state index in [1.165, 1.54) is 24.5 Å². The normalized spacial score (nSPS) is 11.5. The summed E-state index contributed by atoms with van der Waals surface area (Å²) in [5, 5.41) is 6.34. The van der Waals surface area contributed by atoms with E-state index in [0.29, 0.717) is 5.56 Å². The number of rotatable bonds is 5. The van der Waals surface area contributed by atoms with E-state index >= 15 is 0 Å². The van der Waals surface area contributed by atoms with Crippen LogP contribution in [-0.4, -0.2) is 29.2 Å². The average molecular weight is 477 g/mol. The van der Waals surface area contributed by atoms with Gasteiger partial charge in [0, 0.05) is 11.8 Å². The number of halogens is 4. The van der Waals surface area contributed by atoms with Crippen molar-refractivity contribution in [3.63, 3.8) is 0 Å². The molecule has 12 heteroatoms. The van der Waals surface area contributed by atoms with E-state index < -0.39 is 35.0 Å². The number of anilines is 1. The minimum Gasteiger partial charge on any atom is -0.493 e. The van der Waals surface area contributed by atoms with Crippen molar-refractivity contribution in [1.82, 2.24) is 9.78 Å².